The smallest absolute Gasteiger partial charge is 0.160 e. The average molecular weight is 466 g/mol. The van der Waals surface area contributed by atoms with Gasteiger partial charge in [0.05, 0.1) is 5.00 Å². The molecule has 0 atom stereocenters. The molecule has 2 aromatic rings. The van der Waals surface area contributed by atoms with Gasteiger partial charge in [0, 0.05) is 22.7 Å². The number of carbonyl (C=O) groups is 1. The molecule has 0 saturated heterocycles. The summed E-state index contributed by atoms with van der Waals surface area (Å²) in [7, 11) is 0. The van der Waals surface area contributed by atoms with Gasteiger partial charge in [-0.05, 0) is 97.1 Å². The monoisotopic (exact) mass is 465 g/mol. The Balaban J connectivity index is 1.81. The van der Waals surface area contributed by atoms with E-state index in [0.717, 1.165) is 24.4 Å². The first-order chi connectivity index (χ1) is 15.4. The molecule has 0 N–H and O–H groups in total. The molecule has 0 aliphatic heterocycles. The molecule has 33 heavy (non-hydrogen) atoms. The van der Waals surface area contributed by atoms with Crippen molar-refractivity contribution in [3.8, 4) is 0 Å². The van der Waals surface area contributed by atoms with Crippen molar-refractivity contribution < 1.29 is 4.79 Å². The van der Waals surface area contributed by atoms with Crippen LogP contribution in [0.15, 0.2) is 18.2 Å². The van der Waals surface area contributed by atoms with Crippen LogP contribution >= 0.6 is 11.3 Å². The van der Waals surface area contributed by atoms with Crippen molar-refractivity contribution in [3.05, 3.63) is 45.3 Å². The van der Waals surface area contributed by atoms with Gasteiger partial charge < -0.3 is 4.90 Å². The molecule has 1 saturated carbocycles. The van der Waals surface area contributed by atoms with Crippen molar-refractivity contribution in [3.63, 3.8) is 0 Å². The van der Waals surface area contributed by atoms with E-state index < -0.39 is 0 Å². The van der Waals surface area contributed by atoms with Crippen molar-refractivity contribution >= 4 is 27.8 Å². The third kappa shape index (κ3) is 4.94. The van der Waals surface area contributed by atoms with Gasteiger partial charge in [0.15, 0.2) is 5.78 Å². The van der Waals surface area contributed by atoms with Crippen molar-refractivity contribution in [2.24, 2.45) is 11.8 Å². The van der Waals surface area contributed by atoms with Gasteiger partial charge in [-0.3, -0.25) is 4.79 Å². The van der Waals surface area contributed by atoms with E-state index in [9.17, 15) is 4.79 Å². The molecule has 0 bridgehead atoms. The number of Topliss-reactive ketones (excluding diaryl/α,β-unsaturated/α-hetero) is 1. The quantitative estimate of drug-likeness (QED) is 0.363. The number of carbonyl (C=O) groups excluding carboxylic acids is 1. The lowest BCUT2D eigenvalue weighted by molar-refractivity contribution is 0.101. The second kappa shape index (κ2) is 8.87. The van der Waals surface area contributed by atoms with Crippen molar-refractivity contribution in [1.29, 1.82) is 0 Å². The van der Waals surface area contributed by atoms with Gasteiger partial charge in [-0.1, -0.05) is 54.4 Å². The predicted octanol–water partition coefficient (Wildman–Crippen LogP) is 8.74. The van der Waals surface area contributed by atoms with Gasteiger partial charge in [-0.15, -0.1) is 11.3 Å². The highest BCUT2D eigenvalue weighted by Crippen LogP contribution is 2.54. The van der Waals surface area contributed by atoms with Gasteiger partial charge >= 0.3 is 0 Å². The summed E-state index contributed by atoms with van der Waals surface area (Å²) in [5, 5.41) is 1.40. The fraction of sp³-hybridized carbons (Fsp3) is 0.633. The summed E-state index contributed by atoms with van der Waals surface area (Å²) in [5.41, 5.74) is 6.90. The number of aryl methyl sites for hydroxylation is 1. The van der Waals surface area contributed by atoms with E-state index in [2.05, 4.69) is 71.6 Å². The van der Waals surface area contributed by atoms with Gasteiger partial charge in [0.2, 0.25) is 0 Å². The molecule has 2 aliphatic rings. The lowest BCUT2D eigenvalue weighted by Gasteiger charge is -2.39. The van der Waals surface area contributed by atoms with Crippen LogP contribution in [0.2, 0.25) is 0 Å². The largest absolute Gasteiger partial charge is 0.333 e. The highest BCUT2D eigenvalue weighted by Gasteiger charge is 2.41. The molecule has 1 fully saturated rings. The molecular formula is C30H43NOS. The average Bonchev–Trinajstić information content (AvgIpc) is 3.48. The van der Waals surface area contributed by atoms with E-state index in [0.29, 0.717) is 5.92 Å². The maximum absolute atomic E-state index is 12.4. The molecule has 4 rings (SSSR count). The summed E-state index contributed by atoms with van der Waals surface area (Å²) in [4.78, 5) is 16.5. The van der Waals surface area contributed by atoms with E-state index in [4.69, 9.17) is 0 Å². The molecule has 3 heteroatoms. The summed E-state index contributed by atoms with van der Waals surface area (Å²) < 4.78 is 0. The zero-order chi connectivity index (χ0) is 24.1. The minimum atomic E-state index is 0.189. The summed E-state index contributed by atoms with van der Waals surface area (Å²) >= 11 is 2.02. The van der Waals surface area contributed by atoms with E-state index in [1.54, 1.807) is 17.4 Å². The number of hydrogen-bond donors (Lipinski definition) is 0. The van der Waals surface area contributed by atoms with E-state index in [1.165, 1.54) is 53.9 Å². The molecule has 2 aliphatic carbocycles. The molecule has 1 aromatic carbocycles. The van der Waals surface area contributed by atoms with Crippen molar-refractivity contribution in [2.75, 3.05) is 11.4 Å². The number of thiophene rings is 1. The zero-order valence-corrected chi connectivity index (χ0v) is 22.9. The summed E-state index contributed by atoms with van der Waals surface area (Å²) in [6.45, 7) is 19.4. The van der Waals surface area contributed by atoms with Crippen LogP contribution in [0.3, 0.4) is 0 Å². The minimum absolute atomic E-state index is 0.189. The summed E-state index contributed by atoms with van der Waals surface area (Å²) in [5.74, 6) is 1.61. The number of hydrogen-bond acceptors (Lipinski definition) is 3. The summed E-state index contributed by atoms with van der Waals surface area (Å²) in [6.07, 6.45) is 7.44. The molecule has 0 unspecified atom stereocenters. The number of benzene rings is 1. The second-order valence-electron chi connectivity index (χ2n) is 12.4. The minimum Gasteiger partial charge on any atom is -0.333 e. The summed E-state index contributed by atoms with van der Waals surface area (Å²) in [6, 6.07) is 6.61. The Morgan fingerprint density at radius 1 is 1.12 bits per heavy atom. The normalized spacial score (nSPS) is 18.9. The number of anilines is 2. The van der Waals surface area contributed by atoms with Crippen LogP contribution in [0, 0.1) is 18.8 Å². The van der Waals surface area contributed by atoms with Gasteiger partial charge in [-0.25, -0.2) is 0 Å². The van der Waals surface area contributed by atoms with Crippen LogP contribution in [0.4, 0.5) is 10.7 Å². The van der Waals surface area contributed by atoms with Crippen molar-refractivity contribution in [1.82, 2.24) is 0 Å². The second-order valence-corrected chi connectivity index (χ2v) is 13.4. The van der Waals surface area contributed by atoms with Crippen molar-refractivity contribution in [2.45, 2.75) is 105 Å². The lowest BCUT2D eigenvalue weighted by atomic mass is 9.66. The van der Waals surface area contributed by atoms with Gasteiger partial charge in [-0.2, -0.15) is 0 Å². The Kier molecular flexibility index (Phi) is 6.59. The lowest BCUT2D eigenvalue weighted by Crippen LogP contribution is -2.32. The van der Waals surface area contributed by atoms with E-state index in [-0.39, 0.29) is 16.6 Å². The molecule has 0 amide bonds. The van der Waals surface area contributed by atoms with E-state index in [1.807, 2.05) is 11.3 Å². The van der Waals surface area contributed by atoms with Crippen LogP contribution in [-0.2, 0) is 17.3 Å². The zero-order valence-electron chi connectivity index (χ0n) is 22.1. The van der Waals surface area contributed by atoms with Gasteiger partial charge in [0.25, 0.3) is 0 Å². The van der Waals surface area contributed by atoms with Crippen LogP contribution < -0.4 is 4.90 Å². The maximum Gasteiger partial charge on any atom is 0.160 e. The first-order valence-corrected chi connectivity index (χ1v) is 13.8. The maximum atomic E-state index is 12.4. The predicted molar refractivity (Wildman–Crippen MR) is 144 cm³/mol. The highest BCUT2D eigenvalue weighted by atomic mass is 32.1. The molecule has 0 radical (unpaired) electrons. The molecule has 0 spiro atoms. The Hall–Kier alpha value is -1.61. The third-order valence-electron chi connectivity index (χ3n) is 7.88. The van der Waals surface area contributed by atoms with Crippen LogP contribution in [0.1, 0.15) is 112 Å². The first-order valence-electron chi connectivity index (χ1n) is 13.0. The molecule has 180 valence electrons. The highest BCUT2D eigenvalue weighted by molar-refractivity contribution is 7.16. The van der Waals surface area contributed by atoms with E-state index >= 15 is 0 Å². The SMILES string of the molecule is CC(=O)c1ccc(N(CC(C)C)c2sc3c(c2C)C(C)(C)CCC3(C)C)cc1CCC1CC1. The number of fused-ring (bicyclic) bond motifs is 1. The van der Waals surface area contributed by atoms with Gasteiger partial charge in [0.1, 0.15) is 0 Å². The molecule has 1 heterocycles. The Morgan fingerprint density at radius 3 is 2.36 bits per heavy atom. The van der Waals surface area contributed by atoms with Crippen LogP contribution in [0.25, 0.3) is 0 Å². The molecule has 1 aromatic heterocycles. The standard InChI is InChI=1S/C30H43NOS/c1-19(2)18-31(24-13-14-25(21(4)32)23(17-24)12-11-22-9-10-22)28-20(3)26-27(33-28)30(7,8)16-15-29(26,5)6/h13-14,17,19,22H,9-12,15-16,18H2,1-8H3. The van der Waals surface area contributed by atoms with Crippen LogP contribution in [-0.4, -0.2) is 12.3 Å². The number of nitrogens with zero attached hydrogens (tertiary/aromatic N) is 1. The fourth-order valence-corrected chi connectivity index (χ4v) is 7.30. The number of rotatable bonds is 8. The Morgan fingerprint density at radius 2 is 1.79 bits per heavy atom. The third-order valence-corrected chi connectivity index (χ3v) is 9.56. The first kappa shape index (κ1) is 24.5. The topological polar surface area (TPSA) is 20.3 Å². The number of ketones is 1. The molecule has 2 nitrogen and oxygen atoms in total. The Labute approximate surface area is 205 Å². The molecular weight excluding hydrogens is 422 g/mol. The fourth-order valence-electron chi connectivity index (χ4n) is 5.65. The Bertz CT molecular complexity index is 1040. The van der Waals surface area contributed by atoms with Crippen LogP contribution in [0.5, 0.6) is 0 Å².